The molecule has 102 valence electrons. The number of carbonyl (C=O) groups is 1. The number of fused-ring (bicyclic) bond motifs is 1. The van der Waals surface area contributed by atoms with E-state index in [1.54, 1.807) is 0 Å². The summed E-state index contributed by atoms with van der Waals surface area (Å²) in [7, 11) is 0. The molecule has 1 amide bonds. The highest BCUT2D eigenvalue weighted by Crippen LogP contribution is 2.50. The SMILES string of the molecule is CCC(C)NC(=O)C1(c2ccc3c(c2)OCO3)CC1. The lowest BCUT2D eigenvalue weighted by molar-refractivity contribution is -0.124. The predicted molar refractivity (Wildman–Crippen MR) is 71.4 cm³/mol. The minimum atomic E-state index is -0.343. The van der Waals surface area contributed by atoms with Crippen LogP contribution in [0.3, 0.4) is 0 Å². The molecule has 1 aliphatic heterocycles. The summed E-state index contributed by atoms with van der Waals surface area (Å²) in [6, 6.07) is 6.05. The van der Waals surface area contributed by atoms with E-state index in [0.717, 1.165) is 36.3 Å². The number of rotatable bonds is 4. The van der Waals surface area contributed by atoms with Gasteiger partial charge in [-0.25, -0.2) is 0 Å². The Morgan fingerprint density at radius 3 is 2.79 bits per heavy atom. The first-order valence-electron chi connectivity index (χ1n) is 6.87. The fraction of sp³-hybridized carbons (Fsp3) is 0.533. The zero-order valence-corrected chi connectivity index (χ0v) is 11.4. The molecule has 4 heteroatoms. The number of benzene rings is 1. The van der Waals surface area contributed by atoms with Crippen LogP contribution in [0.25, 0.3) is 0 Å². The maximum absolute atomic E-state index is 12.4. The standard InChI is InChI=1S/C15H19NO3/c1-3-10(2)16-14(17)15(6-7-15)11-4-5-12-13(8-11)19-9-18-12/h4-5,8,10H,3,6-7,9H2,1-2H3,(H,16,17). The second-order valence-corrected chi connectivity index (χ2v) is 5.43. The Hall–Kier alpha value is -1.71. The van der Waals surface area contributed by atoms with Gasteiger partial charge in [0.2, 0.25) is 12.7 Å². The second-order valence-electron chi connectivity index (χ2n) is 5.43. The monoisotopic (exact) mass is 261 g/mol. The van der Waals surface area contributed by atoms with Gasteiger partial charge in [0.05, 0.1) is 5.41 Å². The van der Waals surface area contributed by atoms with Crippen LogP contribution in [0.5, 0.6) is 11.5 Å². The van der Waals surface area contributed by atoms with Gasteiger partial charge >= 0.3 is 0 Å². The third-order valence-electron chi connectivity index (χ3n) is 4.10. The summed E-state index contributed by atoms with van der Waals surface area (Å²) in [4.78, 5) is 12.4. The van der Waals surface area contributed by atoms with E-state index < -0.39 is 0 Å². The quantitative estimate of drug-likeness (QED) is 0.905. The Morgan fingerprint density at radius 1 is 1.37 bits per heavy atom. The van der Waals surface area contributed by atoms with Crippen molar-refractivity contribution in [1.29, 1.82) is 0 Å². The summed E-state index contributed by atoms with van der Waals surface area (Å²) >= 11 is 0. The lowest BCUT2D eigenvalue weighted by Gasteiger charge is -2.19. The smallest absolute Gasteiger partial charge is 0.231 e. The maximum Gasteiger partial charge on any atom is 0.231 e. The summed E-state index contributed by atoms with van der Waals surface area (Å²) in [6.07, 6.45) is 2.77. The zero-order valence-electron chi connectivity index (χ0n) is 11.4. The molecule has 0 saturated heterocycles. The first-order chi connectivity index (χ1) is 9.15. The van der Waals surface area contributed by atoms with E-state index >= 15 is 0 Å². The minimum absolute atomic E-state index is 0.140. The minimum Gasteiger partial charge on any atom is -0.454 e. The number of ether oxygens (including phenoxy) is 2. The van der Waals surface area contributed by atoms with Gasteiger partial charge in [-0.2, -0.15) is 0 Å². The Morgan fingerprint density at radius 2 is 2.11 bits per heavy atom. The van der Waals surface area contributed by atoms with Gasteiger partial charge in [-0.3, -0.25) is 4.79 Å². The molecule has 1 aromatic rings. The molecule has 0 radical (unpaired) electrons. The lowest BCUT2D eigenvalue weighted by Crippen LogP contribution is -2.39. The number of carbonyl (C=O) groups excluding carboxylic acids is 1. The van der Waals surface area contributed by atoms with Crippen molar-refractivity contribution in [2.75, 3.05) is 6.79 Å². The highest BCUT2D eigenvalue weighted by molar-refractivity contribution is 5.91. The highest BCUT2D eigenvalue weighted by atomic mass is 16.7. The molecule has 0 aromatic heterocycles. The van der Waals surface area contributed by atoms with Crippen molar-refractivity contribution in [3.05, 3.63) is 23.8 Å². The molecule has 2 aliphatic rings. The summed E-state index contributed by atoms with van der Waals surface area (Å²) < 4.78 is 10.7. The van der Waals surface area contributed by atoms with Gasteiger partial charge in [0, 0.05) is 6.04 Å². The average Bonchev–Trinajstić information content (AvgIpc) is 3.10. The fourth-order valence-corrected chi connectivity index (χ4v) is 2.43. The van der Waals surface area contributed by atoms with E-state index in [-0.39, 0.29) is 24.2 Å². The van der Waals surface area contributed by atoms with Crippen LogP contribution in [0.1, 0.15) is 38.7 Å². The molecular formula is C15H19NO3. The van der Waals surface area contributed by atoms with Gasteiger partial charge in [0.15, 0.2) is 11.5 Å². The van der Waals surface area contributed by atoms with Gasteiger partial charge in [-0.1, -0.05) is 13.0 Å². The molecular weight excluding hydrogens is 242 g/mol. The van der Waals surface area contributed by atoms with Crippen molar-refractivity contribution in [1.82, 2.24) is 5.32 Å². The van der Waals surface area contributed by atoms with E-state index in [4.69, 9.17) is 9.47 Å². The molecule has 1 aromatic carbocycles. The zero-order chi connectivity index (χ0) is 13.5. The van der Waals surface area contributed by atoms with Crippen LogP contribution in [0.2, 0.25) is 0 Å². The van der Waals surface area contributed by atoms with Crippen LogP contribution in [-0.2, 0) is 10.2 Å². The molecule has 1 unspecified atom stereocenters. The molecule has 0 bridgehead atoms. The molecule has 3 rings (SSSR count). The summed E-state index contributed by atoms with van der Waals surface area (Å²) in [5.41, 5.74) is 0.697. The molecule has 1 fully saturated rings. The van der Waals surface area contributed by atoms with Crippen molar-refractivity contribution in [3.8, 4) is 11.5 Å². The molecule has 1 aliphatic carbocycles. The van der Waals surface area contributed by atoms with E-state index in [1.165, 1.54) is 0 Å². The van der Waals surface area contributed by atoms with Gasteiger partial charge in [-0.15, -0.1) is 0 Å². The average molecular weight is 261 g/mol. The van der Waals surface area contributed by atoms with Crippen LogP contribution in [-0.4, -0.2) is 18.7 Å². The largest absolute Gasteiger partial charge is 0.454 e. The maximum atomic E-state index is 12.4. The van der Waals surface area contributed by atoms with Crippen molar-refractivity contribution in [3.63, 3.8) is 0 Å². The predicted octanol–water partition coefficient (Wildman–Crippen LogP) is 2.36. The molecule has 4 nitrogen and oxygen atoms in total. The summed E-state index contributed by atoms with van der Waals surface area (Å²) in [5, 5.41) is 3.09. The number of hydrogen-bond donors (Lipinski definition) is 1. The van der Waals surface area contributed by atoms with Crippen LogP contribution in [0, 0.1) is 0 Å². The molecule has 1 saturated carbocycles. The number of amides is 1. The van der Waals surface area contributed by atoms with Gasteiger partial charge in [-0.05, 0) is 43.9 Å². The Kier molecular flexibility index (Phi) is 2.88. The van der Waals surface area contributed by atoms with Crippen LogP contribution < -0.4 is 14.8 Å². The number of nitrogens with one attached hydrogen (secondary N) is 1. The van der Waals surface area contributed by atoms with Crippen molar-refractivity contribution >= 4 is 5.91 Å². The lowest BCUT2D eigenvalue weighted by atomic mass is 9.94. The van der Waals surface area contributed by atoms with Crippen molar-refractivity contribution in [2.24, 2.45) is 0 Å². The molecule has 1 atom stereocenters. The van der Waals surface area contributed by atoms with E-state index in [1.807, 2.05) is 25.1 Å². The third kappa shape index (κ3) is 2.05. The summed E-state index contributed by atoms with van der Waals surface area (Å²) in [6.45, 7) is 4.38. The molecule has 0 spiro atoms. The number of hydrogen-bond acceptors (Lipinski definition) is 3. The van der Waals surface area contributed by atoms with Crippen molar-refractivity contribution in [2.45, 2.75) is 44.6 Å². The topological polar surface area (TPSA) is 47.6 Å². The third-order valence-corrected chi connectivity index (χ3v) is 4.10. The Labute approximate surface area is 113 Å². The first-order valence-corrected chi connectivity index (χ1v) is 6.87. The van der Waals surface area contributed by atoms with E-state index in [9.17, 15) is 4.79 Å². The van der Waals surface area contributed by atoms with Crippen LogP contribution >= 0.6 is 0 Å². The second kappa shape index (κ2) is 4.44. The Bertz CT molecular complexity index is 508. The van der Waals surface area contributed by atoms with Gasteiger partial charge in [0.25, 0.3) is 0 Å². The van der Waals surface area contributed by atoms with Crippen molar-refractivity contribution < 1.29 is 14.3 Å². The van der Waals surface area contributed by atoms with Crippen LogP contribution in [0.15, 0.2) is 18.2 Å². The first kappa shape index (κ1) is 12.3. The van der Waals surface area contributed by atoms with E-state index in [2.05, 4.69) is 12.2 Å². The highest BCUT2D eigenvalue weighted by Gasteiger charge is 2.51. The normalized spacial score (nSPS) is 19.9. The summed E-state index contributed by atoms with van der Waals surface area (Å²) in [5.74, 6) is 1.66. The van der Waals surface area contributed by atoms with Gasteiger partial charge < -0.3 is 14.8 Å². The molecule has 1 N–H and O–H groups in total. The fourth-order valence-electron chi connectivity index (χ4n) is 2.43. The van der Waals surface area contributed by atoms with Crippen LogP contribution in [0.4, 0.5) is 0 Å². The molecule has 19 heavy (non-hydrogen) atoms. The van der Waals surface area contributed by atoms with E-state index in [0.29, 0.717) is 0 Å². The Balaban J connectivity index is 1.83. The van der Waals surface area contributed by atoms with Gasteiger partial charge in [0.1, 0.15) is 0 Å². The molecule has 1 heterocycles.